The second kappa shape index (κ2) is 4.20. The summed E-state index contributed by atoms with van der Waals surface area (Å²) in [7, 11) is 0. The van der Waals surface area contributed by atoms with Crippen molar-refractivity contribution in [3.8, 4) is 0 Å². The zero-order valence-electron chi connectivity index (χ0n) is 7.48. The van der Waals surface area contributed by atoms with Crippen LogP contribution in [0.1, 0.15) is 25.0 Å². The predicted molar refractivity (Wildman–Crippen MR) is 53.6 cm³/mol. The minimum Gasteiger partial charge on any atom is -0.468 e. The number of hydrogen-bond acceptors (Lipinski definition) is 3. The highest BCUT2D eigenvalue weighted by Crippen LogP contribution is 2.31. The van der Waals surface area contributed by atoms with Crippen molar-refractivity contribution in [3.05, 3.63) is 24.2 Å². The van der Waals surface area contributed by atoms with Crippen LogP contribution in [0.2, 0.25) is 0 Å². The lowest BCUT2D eigenvalue weighted by Gasteiger charge is -2.12. The van der Waals surface area contributed by atoms with Crippen molar-refractivity contribution >= 4 is 11.8 Å². The Balaban J connectivity index is 1.79. The van der Waals surface area contributed by atoms with Gasteiger partial charge in [0.2, 0.25) is 0 Å². The molecule has 1 heterocycles. The first-order valence-corrected chi connectivity index (χ1v) is 5.73. The molecule has 1 N–H and O–H groups in total. The molecular formula is C10H14O2S. The van der Waals surface area contributed by atoms with E-state index >= 15 is 0 Å². The van der Waals surface area contributed by atoms with Crippen molar-refractivity contribution < 1.29 is 9.52 Å². The standard InChI is InChI=1S/C10H14O2S/c11-9-4-1-5-10(9)13-7-8-3-2-6-12-8/h2-3,6,9-11H,1,4-5,7H2/t9-,10-/m0/s1. The van der Waals surface area contributed by atoms with Gasteiger partial charge < -0.3 is 9.52 Å². The molecule has 0 aromatic carbocycles. The summed E-state index contributed by atoms with van der Waals surface area (Å²) in [4.78, 5) is 0. The van der Waals surface area contributed by atoms with E-state index in [0.29, 0.717) is 5.25 Å². The number of rotatable bonds is 3. The Morgan fingerprint density at radius 2 is 2.46 bits per heavy atom. The van der Waals surface area contributed by atoms with Crippen LogP contribution in [-0.4, -0.2) is 16.5 Å². The van der Waals surface area contributed by atoms with Gasteiger partial charge in [-0.1, -0.05) is 0 Å². The summed E-state index contributed by atoms with van der Waals surface area (Å²) in [6, 6.07) is 3.88. The van der Waals surface area contributed by atoms with Gasteiger partial charge in [-0.25, -0.2) is 0 Å². The van der Waals surface area contributed by atoms with E-state index in [1.807, 2.05) is 12.1 Å². The van der Waals surface area contributed by atoms with Gasteiger partial charge in [0.15, 0.2) is 0 Å². The van der Waals surface area contributed by atoms with E-state index in [2.05, 4.69) is 0 Å². The first-order chi connectivity index (χ1) is 6.36. The molecule has 3 heteroatoms. The third-order valence-electron chi connectivity index (χ3n) is 2.44. The minimum absolute atomic E-state index is 0.0973. The van der Waals surface area contributed by atoms with E-state index in [4.69, 9.17) is 4.42 Å². The summed E-state index contributed by atoms with van der Waals surface area (Å²) < 4.78 is 5.23. The van der Waals surface area contributed by atoms with Crippen LogP contribution in [0.4, 0.5) is 0 Å². The molecule has 1 aromatic heterocycles. The molecule has 1 aromatic rings. The van der Waals surface area contributed by atoms with Gasteiger partial charge in [0.25, 0.3) is 0 Å². The summed E-state index contributed by atoms with van der Waals surface area (Å²) in [6.45, 7) is 0. The van der Waals surface area contributed by atoms with Crippen LogP contribution in [0.5, 0.6) is 0 Å². The smallest absolute Gasteiger partial charge is 0.113 e. The van der Waals surface area contributed by atoms with Crippen LogP contribution >= 0.6 is 11.8 Å². The fourth-order valence-corrected chi connectivity index (χ4v) is 2.92. The maximum Gasteiger partial charge on any atom is 0.113 e. The number of aliphatic hydroxyl groups excluding tert-OH is 1. The molecule has 0 aliphatic heterocycles. The molecule has 13 heavy (non-hydrogen) atoms. The summed E-state index contributed by atoms with van der Waals surface area (Å²) in [5, 5.41) is 9.99. The molecule has 72 valence electrons. The number of thioether (sulfide) groups is 1. The topological polar surface area (TPSA) is 33.4 Å². The fourth-order valence-electron chi connectivity index (χ4n) is 1.68. The van der Waals surface area contributed by atoms with Crippen molar-refractivity contribution in [1.29, 1.82) is 0 Å². The maximum atomic E-state index is 9.57. The van der Waals surface area contributed by atoms with Gasteiger partial charge in [0.1, 0.15) is 5.76 Å². The minimum atomic E-state index is -0.0973. The van der Waals surface area contributed by atoms with Crippen LogP contribution in [0.15, 0.2) is 22.8 Å². The Hall–Kier alpha value is -0.410. The Morgan fingerprint density at radius 3 is 3.08 bits per heavy atom. The third-order valence-corrected chi connectivity index (χ3v) is 3.87. The van der Waals surface area contributed by atoms with Crippen molar-refractivity contribution in [2.75, 3.05) is 0 Å². The summed E-state index contributed by atoms with van der Waals surface area (Å²) >= 11 is 1.81. The van der Waals surface area contributed by atoms with E-state index in [0.717, 1.165) is 30.8 Å². The van der Waals surface area contributed by atoms with Gasteiger partial charge in [-0.15, -0.1) is 11.8 Å². The first kappa shape index (κ1) is 9.16. The maximum absolute atomic E-state index is 9.57. The first-order valence-electron chi connectivity index (χ1n) is 4.68. The Labute approximate surface area is 82.3 Å². The van der Waals surface area contributed by atoms with Crippen LogP contribution in [0.25, 0.3) is 0 Å². The lowest BCUT2D eigenvalue weighted by Crippen LogP contribution is -2.15. The van der Waals surface area contributed by atoms with Gasteiger partial charge in [0, 0.05) is 5.25 Å². The summed E-state index contributed by atoms with van der Waals surface area (Å²) in [5.74, 6) is 1.89. The zero-order valence-corrected chi connectivity index (χ0v) is 8.30. The molecule has 1 fully saturated rings. The molecular weight excluding hydrogens is 184 g/mol. The Kier molecular flexibility index (Phi) is 2.96. The zero-order chi connectivity index (χ0) is 9.10. The molecule has 0 unspecified atom stereocenters. The highest BCUT2D eigenvalue weighted by atomic mass is 32.2. The molecule has 0 amide bonds. The molecule has 1 saturated carbocycles. The molecule has 2 atom stereocenters. The third kappa shape index (κ3) is 2.29. The monoisotopic (exact) mass is 198 g/mol. The second-order valence-electron chi connectivity index (χ2n) is 3.43. The quantitative estimate of drug-likeness (QED) is 0.809. The lowest BCUT2D eigenvalue weighted by atomic mass is 10.3. The van der Waals surface area contributed by atoms with E-state index in [9.17, 15) is 5.11 Å². The van der Waals surface area contributed by atoms with E-state index in [1.54, 1.807) is 18.0 Å². The predicted octanol–water partition coefficient (Wildman–Crippen LogP) is 2.43. The van der Waals surface area contributed by atoms with E-state index < -0.39 is 0 Å². The van der Waals surface area contributed by atoms with Crippen LogP contribution in [0.3, 0.4) is 0 Å². The van der Waals surface area contributed by atoms with Crippen LogP contribution in [-0.2, 0) is 5.75 Å². The van der Waals surface area contributed by atoms with Crippen molar-refractivity contribution in [2.45, 2.75) is 36.4 Å². The highest BCUT2D eigenvalue weighted by molar-refractivity contribution is 7.99. The lowest BCUT2D eigenvalue weighted by molar-refractivity contribution is 0.188. The molecule has 1 aliphatic carbocycles. The van der Waals surface area contributed by atoms with Gasteiger partial charge in [0.05, 0.1) is 18.1 Å². The normalized spacial score (nSPS) is 28.1. The van der Waals surface area contributed by atoms with Crippen LogP contribution < -0.4 is 0 Å². The highest BCUT2D eigenvalue weighted by Gasteiger charge is 2.25. The molecule has 2 rings (SSSR count). The molecule has 0 radical (unpaired) electrons. The number of hydrogen-bond donors (Lipinski definition) is 1. The Morgan fingerprint density at radius 1 is 1.54 bits per heavy atom. The van der Waals surface area contributed by atoms with Crippen molar-refractivity contribution in [3.63, 3.8) is 0 Å². The SMILES string of the molecule is O[C@H]1CCC[C@@H]1SCc1ccco1. The van der Waals surface area contributed by atoms with Gasteiger partial charge in [-0.2, -0.15) is 0 Å². The molecule has 1 aliphatic rings. The molecule has 0 bridgehead atoms. The van der Waals surface area contributed by atoms with Crippen LogP contribution in [0, 0.1) is 0 Å². The summed E-state index contributed by atoms with van der Waals surface area (Å²) in [6.07, 6.45) is 4.88. The average molecular weight is 198 g/mol. The van der Waals surface area contributed by atoms with Crippen molar-refractivity contribution in [1.82, 2.24) is 0 Å². The number of aliphatic hydroxyl groups is 1. The molecule has 0 saturated heterocycles. The number of furan rings is 1. The van der Waals surface area contributed by atoms with E-state index in [-0.39, 0.29) is 6.10 Å². The van der Waals surface area contributed by atoms with Crippen molar-refractivity contribution in [2.24, 2.45) is 0 Å². The van der Waals surface area contributed by atoms with Gasteiger partial charge in [-0.3, -0.25) is 0 Å². The molecule has 0 spiro atoms. The fraction of sp³-hybridized carbons (Fsp3) is 0.600. The average Bonchev–Trinajstić information content (AvgIpc) is 2.72. The van der Waals surface area contributed by atoms with Gasteiger partial charge >= 0.3 is 0 Å². The van der Waals surface area contributed by atoms with E-state index in [1.165, 1.54) is 0 Å². The Bertz CT molecular complexity index is 245. The molecule has 2 nitrogen and oxygen atoms in total. The van der Waals surface area contributed by atoms with Gasteiger partial charge in [-0.05, 0) is 31.4 Å². The summed E-state index contributed by atoms with van der Waals surface area (Å²) in [5.41, 5.74) is 0. The second-order valence-corrected chi connectivity index (χ2v) is 4.65. The largest absolute Gasteiger partial charge is 0.468 e.